The number of carbonyl (C=O) groups is 2. The molecule has 2 unspecified atom stereocenters. The van der Waals surface area contributed by atoms with Gasteiger partial charge in [-0.15, -0.1) is 0 Å². The highest BCUT2D eigenvalue weighted by Gasteiger charge is 2.56. The van der Waals surface area contributed by atoms with E-state index in [1.54, 1.807) is 40.7 Å². The smallest absolute Gasteiger partial charge is 0.252 e. The number of para-hydroxylation sites is 1. The predicted molar refractivity (Wildman–Crippen MR) is 106 cm³/mol. The Morgan fingerprint density at radius 2 is 1.63 bits per heavy atom. The summed E-state index contributed by atoms with van der Waals surface area (Å²) >= 11 is 5.91. The molecule has 2 fully saturated rings. The van der Waals surface area contributed by atoms with Crippen molar-refractivity contribution in [2.24, 2.45) is 0 Å². The number of anilines is 2. The lowest BCUT2D eigenvalue weighted by molar-refractivity contribution is -0.121. The zero-order valence-corrected chi connectivity index (χ0v) is 16.4. The third-order valence-electron chi connectivity index (χ3n) is 5.14. The summed E-state index contributed by atoms with van der Waals surface area (Å²) in [6, 6.07) is 15.9. The molecule has 2 heterocycles. The van der Waals surface area contributed by atoms with Gasteiger partial charge in [-0.3, -0.25) is 14.2 Å². The van der Waals surface area contributed by atoms with Gasteiger partial charge in [0.2, 0.25) is 11.8 Å². The molecule has 0 aromatic heterocycles. The molecule has 2 aromatic carbocycles. The number of halogens is 1. The summed E-state index contributed by atoms with van der Waals surface area (Å²) in [6.07, 6.45) is -0.0631. The average Bonchev–Trinajstić information content (AvgIpc) is 3.14. The Balaban J connectivity index is 1.71. The van der Waals surface area contributed by atoms with E-state index in [0.29, 0.717) is 23.8 Å². The van der Waals surface area contributed by atoms with Crippen LogP contribution in [0, 0.1) is 0 Å². The molecule has 2 aliphatic rings. The van der Waals surface area contributed by atoms with Gasteiger partial charge in [0.05, 0.1) is 5.69 Å². The van der Waals surface area contributed by atoms with E-state index in [-0.39, 0.29) is 12.3 Å². The van der Waals surface area contributed by atoms with Crippen LogP contribution in [0.2, 0.25) is 5.02 Å². The Bertz CT molecular complexity index is 935. The average molecular weight is 404 g/mol. The largest absolute Gasteiger partial charge is 0.309 e. The third-order valence-corrected chi connectivity index (χ3v) is 8.91. The lowest BCUT2D eigenvalue weighted by atomic mass is 10.3. The molecular formula is C19H19ClN3O3P. The Morgan fingerprint density at radius 1 is 0.963 bits per heavy atom. The standard InChI is InChI=1S/C19H19ClN3O3P/c1-21-11-12-22(15-5-3-2-4-6-15)27(21,26)17-13-18(24)23(19(17)25)16-9-7-14(20)8-10-16/h2-10,17H,11-13H2,1H3. The normalized spacial score (nSPS) is 26.2. The summed E-state index contributed by atoms with van der Waals surface area (Å²) in [5.74, 6) is -0.754. The van der Waals surface area contributed by atoms with E-state index in [1.165, 1.54) is 0 Å². The highest BCUT2D eigenvalue weighted by molar-refractivity contribution is 7.65. The molecule has 0 saturated carbocycles. The van der Waals surface area contributed by atoms with E-state index in [4.69, 9.17) is 11.6 Å². The van der Waals surface area contributed by atoms with Crippen LogP contribution in [0.3, 0.4) is 0 Å². The minimum Gasteiger partial charge on any atom is -0.309 e. The van der Waals surface area contributed by atoms with Crippen molar-refractivity contribution in [1.29, 1.82) is 0 Å². The molecule has 2 aliphatic heterocycles. The quantitative estimate of drug-likeness (QED) is 0.578. The molecule has 27 heavy (non-hydrogen) atoms. The van der Waals surface area contributed by atoms with Gasteiger partial charge in [0.25, 0.3) is 7.44 Å². The second-order valence-corrected chi connectivity index (χ2v) is 10.1. The van der Waals surface area contributed by atoms with Crippen LogP contribution in [0.5, 0.6) is 0 Å². The molecule has 0 aliphatic carbocycles. The fraction of sp³-hybridized carbons (Fsp3) is 0.263. The molecule has 2 atom stereocenters. The number of likely N-dealkylation sites (N-methyl/N-ethyl adjacent to an activating group) is 1. The van der Waals surface area contributed by atoms with E-state index in [1.807, 2.05) is 30.3 Å². The number of hydrogen-bond acceptors (Lipinski definition) is 3. The Morgan fingerprint density at radius 3 is 2.30 bits per heavy atom. The van der Waals surface area contributed by atoms with Crippen molar-refractivity contribution in [2.75, 3.05) is 29.7 Å². The zero-order valence-electron chi connectivity index (χ0n) is 14.8. The first kappa shape index (κ1) is 18.2. The predicted octanol–water partition coefficient (Wildman–Crippen LogP) is 3.62. The third kappa shape index (κ3) is 2.89. The first-order valence-electron chi connectivity index (χ1n) is 8.69. The summed E-state index contributed by atoms with van der Waals surface area (Å²) in [5.41, 5.74) is 0.375. The van der Waals surface area contributed by atoms with Crippen molar-refractivity contribution in [3.05, 3.63) is 59.6 Å². The van der Waals surface area contributed by atoms with Gasteiger partial charge in [-0.2, -0.15) is 0 Å². The van der Waals surface area contributed by atoms with Crippen molar-refractivity contribution in [1.82, 2.24) is 4.67 Å². The minimum atomic E-state index is -3.27. The molecule has 2 aromatic rings. The summed E-state index contributed by atoms with van der Waals surface area (Å²) < 4.78 is 17.6. The van der Waals surface area contributed by atoms with E-state index in [0.717, 1.165) is 10.6 Å². The topological polar surface area (TPSA) is 60.9 Å². The highest BCUT2D eigenvalue weighted by Crippen LogP contribution is 2.63. The van der Waals surface area contributed by atoms with E-state index in [9.17, 15) is 14.2 Å². The summed E-state index contributed by atoms with van der Waals surface area (Å²) in [5, 5.41) is 0.521. The summed E-state index contributed by atoms with van der Waals surface area (Å²) in [7, 11) is -1.52. The van der Waals surface area contributed by atoms with E-state index in [2.05, 4.69) is 0 Å². The van der Waals surface area contributed by atoms with Crippen LogP contribution in [0.15, 0.2) is 54.6 Å². The van der Waals surface area contributed by atoms with Gasteiger partial charge in [-0.25, -0.2) is 9.57 Å². The molecule has 2 amide bonds. The van der Waals surface area contributed by atoms with Crippen molar-refractivity contribution >= 4 is 42.2 Å². The molecule has 0 bridgehead atoms. The van der Waals surface area contributed by atoms with Gasteiger partial charge in [0, 0.05) is 30.2 Å². The number of nitrogens with zero attached hydrogens (tertiary/aromatic N) is 3. The van der Waals surface area contributed by atoms with E-state index < -0.39 is 19.0 Å². The first-order chi connectivity index (χ1) is 12.9. The lowest BCUT2D eigenvalue weighted by Crippen LogP contribution is -2.35. The van der Waals surface area contributed by atoms with Gasteiger partial charge in [0.1, 0.15) is 5.66 Å². The molecule has 4 rings (SSSR count). The fourth-order valence-corrected chi connectivity index (χ4v) is 7.07. The van der Waals surface area contributed by atoms with Crippen molar-refractivity contribution < 1.29 is 14.2 Å². The van der Waals surface area contributed by atoms with E-state index >= 15 is 0 Å². The maximum atomic E-state index is 14.1. The van der Waals surface area contributed by atoms with Crippen LogP contribution in [-0.2, 0) is 14.2 Å². The molecule has 0 radical (unpaired) electrons. The van der Waals surface area contributed by atoms with Gasteiger partial charge >= 0.3 is 0 Å². The number of hydrogen-bond donors (Lipinski definition) is 0. The number of carbonyl (C=O) groups excluding carboxylic acids is 2. The summed E-state index contributed by atoms with van der Waals surface area (Å²) in [6.45, 7) is 1.13. The molecule has 8 heteroatoms. The van der Waals surface area contributed by atoms with Gasteiger partial charge in [-0.1, -0.05) is 29.8 Å². The van der Waals surface area contributed by atoms with Crippen LogP contribution in [0.25, 0.3) is 0 Å². The number of benzene rings is 2. The second kappa shape index (κ2) is 6.79. The molecule has 140 valence electrons. The Hall–Kier alpha value is -2.14. The van der Waals surface area contributed by atoms with Crippen LogP contribution in [0.4, 0.5) is 11.4 Å². The Labute approximate surface area is 162 Å². The SMILES string of the molecule is CN1CCN(c2ccccc2)P1(=O)C1CC(=O)N(c2ccc(Cl)cc2)C1=O. The maximum Gasteiger partial charge on any atom is 0.252 e. The van der Waals surface area contributed by atoms with Crippen molar-refractivity contribution in [3.63, 3.8) is 0 Å². The summed E-state index contributed by atoms with van der Waals surface area (Å²) in [4.78, 5) is 26.9. The molecule has 0 N–H and O–H groups in total. The molecule has 6 nitrogen and oxygen atoms in total. The minimum absolute atomic E-state index is 0.0631. The molecule has 2 saturated heterocycles. The van der Waals surface area contributed by atoms with Crippen LogP contribution >= 0.6 is 19.0 Å². The van der Waals surface area contributed by atoms with Crippen LogP contribution < -0.4 is 9.57 Å². The van der Waals surface area contributed by atoms with Gasteiger partial charge in [-0.05, 0) is 43.4 Å². The maximum absolute atomic E-state index is 14.1. The van der Waals surface area contributed by atoms with Crippen molar-refractivity contribution in [3.8, 4) is 0 Å². The monoisotopic (exact) mass is 403 g/mol. The van der Waals surface area contributed by atoms with Crippen LogP contribution in [0.1, 0.15) is 6.42 Å². The molecule has 0 spiro atoms. The second-order valence-electron chi connectivity index (χ2n) is 6.69. The first-order valence-corrected chi connectivity index (χ1v) is 10.8. The zero-order chi connectivity index (χ0) is 19.2. The Kier molecular flexibility index (Phi) is 4.58. The number of amides is 2. The lowest BCUT2D eigenvalue weighted by Gasteiger charge is -2.33. The molecular weight excluding hydrogens is 385 g/mol. The van der Waals surface area contributed by atoms with Crippen molar-refractivity contribution in [2.45, 2.75) is 12.1 Å². The number of rotatable bonds is 3. The van der Waals surface area contributed by atoms with Gasteiger partial charge < -0.3 is 4.67 Å². The van der Waals surface area contributed by atoms with Gasteiger partial charge in [0.15, 0.2) is 0 Å². The number of imide groups is 1. The van der Waals surface area contributed by atoms with Crippen LogP contribution in [-0.4, -0.2) is 42.3 Å². The fourth-order valence-electron chi connectivity index (χ4n) is 3.75. The highest BCUT2D eigenvalue weighted by atomic mass is 35.5.